The summed E-state index contributed by atoms with van der Waals surface area (Å²) in [7, 11) is 0. The fourth-order valence-corrected chi connectivity index (χ4v) is 1.19. The Labute approximate surface area is 81.4 Å². The Hall–Kier alpha value is -0.790. The highest BCUT2D eigenvalue weighted by molar-refractivity contribution is 5.78. The van der Waals surface area contributed by atoms with Gasteiger partial charge in [-0.2, -0.15) is 0 Å². The van der Waals surface area contributed by atoms with Crippen LogP contribution in [0.15, 0.2) is 12.7 Å². The number of allylic oxidation sites excluding steroid dienone is 1. The molecule has 0 saturated carbocycles. The molecule has 1 amide bonds. The quantitative estimate of drug-likeness (QED) is 0.477. The molecule has 0 aromatic carbocycles. The van der Waals surface area contributed by atoms with E-state index in [1.165, 1.54) is 0 Å². The molecule has 0 aliphatic heterocycles. The lowest BCUT2D eigenvalue weighted by molar-refractivity contribution is -0.125. The summed E-state index contributed by atoms with van der Waals surface area (Å²) in [6.07, 6.45) is 5.68. The van der Waals surface area contributed by atoms with Gasteiger partial charge in [-0.3, -0.25) is 4.79 Å². The van der Waals surface area contributed by atoms with Crippen LogP contribution in [0.3, 0.4) is 0 Å². The standard InChI is InChI=1S/C11H21NO/c1-4-7-9-12-11(13)10(6-3)8-5-2/h5,10H,2,4,6-9H2,1,3H3,(H,12,13). The first-order valence-corrected chi connectivity index (χ1v) is 5.14. The fraction of sp³-hybridized carbons (Fsp3) is 0.727. The second-order valence-electron chi connectivity index (χ2n) is 3.27. The zero-order chi connectivity index (χ0) is 10.1. The molecule has 1 atom stereocenters. The van der Waals surface area contributed by atoms with Crippen molar-refractivity contribution in [1.29, 1.82) is 0 Å². The zero-order valence-corrected chi connectivity index (χ0v) is 8.81. The lowest BCUT2D eigenvalue weighted by Gasteiger charge is -2.12. The summed E-state index contributed by atoms with van der Waals surface area (Å²) >= 11 is 0. The summed E-state index contributed by atoms with van der Waals surface area (Å²) in [4.78, 5) is 11.5. The van der Waals surface area contributed by atoms with Crippen LogP contribution in [0.4, 0.5) is 0 Å². The summed E-state index contributed by atoms with van der Waals surface area (Å²) in [5.74, 6) is 0.296. The van der Waals surface area contributed by atoms with Crippen molar-refractivity contribution < 1.29 is 4.79 Å². The highest BCUT2D eigenvalue weighted by atomic mass is 16.1. The maximum absolute atomic E-state index is 11.5. The number of unbranched alkanes of at least 4 members (excludes halogenated alkanes) is 1. The normalized spacial score (nSPS) is 12.2. The van der Waals surface area contributed by atoms with E-state index in [0.717, 1.165) is 32.2 Å². The van der Waals surface area contributed by atoms with Gasteiger partial charge in [0.25, 0.3) is 0 Å². The molecule has 0 saturated heterocycles. The van der Waals surface area contributed by atoms with Gasteiger partial charge in [-0.25, -0.2) is 0 Å². The first-order chi connectivity index (χ1) is 6.26. The van der Waals surface area contributed by atoms with Crippen molar-refractivity contribution in [3.05, 3.63) is 12.7 Å². The van der Waals surface area contributed by atoms with Gasteiger partial charge >= 0.3 is 0 Å². The summed E-state index contributed by atoms with van der Waals surface area (Å²) < 4.78 is 0. The van der Waals surface area contributed by atoms with E-state index in [1.54, 1.807) is 0 Å². The molecule has 1 unspecified atom stereocenters. The van der Waals surface area contributed by atoms with Crippen LogP contribution in [0.2, 0.25) is 0 Å². The van der Waals surface area contributed by atoms with E-state index < -0.39 is 0 Å². The van der Waals surface area contributed by atoms with Gasteiger partial charge in [0.2, 0.25) is 5.91 Å². The molecule has 0 aliphatic rings. The van der Waals surface area contributed by atoms with Gasteiger partial charge in [-0.15, -0.1) is 6.58 Å². The first kappa shape index (κ1) is 12.2. The van der Waals surface area contributed by atoms with E-state index in [9.17, 15) is 4.79 Å². The minimum atomic E-state index is 0.120. The largest absolute Gasteiger partial charge is 0.356 e. The summed E-state index contributed by atoms with van der Waals surface area (Å²) in [5, 5.41) is 2.93. The molecule has 1 N–H and O–H groups in total. The Morgan fingerprint density at radius 3 is 2.69 bits per heavy atom. The molecule has 0 aromatic heterocycles. The number of nitrogens with one attached hydrogen (secondary N) is 1. The third kappa shape index (κ3) is 5.45. The average molecular weight is 183 g/mol. The van der Waals surface area contributed by atoms with Crippen molar-refractivity contribution in [2.45, 2.75) is 39.5 Å². The van der Waals surface area contributed by atoms with Crippen LogP contribution >= 0.6 is 0 Å². The van der Waals surface area contributed by atoms with E-state index in [-0.39, 0.29) is 11.8 Å². The molecule has 0 heterocycles. The molecule has 2 nitrogen and oxygen atoms in total. The lowest BCUT2D eigenvalue weighted by atomic mass is 10.0. The molecule has 0 bridgehead atoms. The maximum atomic E-state index is 11.5. The van der Waals surface area contributed by atoms with Crippen molar-refractivity contribution in [2.24, 2.45) is 5.92 Å². The second kappa shape index (κ2) is 7.84. The Kier molecular flexibility index (Phi) is 7.36. The summed E-state index contributed by atoms with van der Waals surface area (Å²) in [6, 6.07) is 0. The van der Waals surface area contributed by atoms with Gasteiger partial charge in [-0.1, -0.05) is 26.3 Å². The number of rotatable bonds is 7. The molecule has 0 rings (SSSR count). The second-order valence-corrected chi connectivity index (χ2v) is 3.27. The minimum Gasteiger partial charge on any atom is -0.356 e. The third-order valence-corrected chi connectivity index (χ3v) is 2.14. The highest BCUT2D eigenvalue weighted by Gasteiger charge is 2.13. The van der Waals surface area contributed by atoms with E-state index >= 15 is 0 Å². The number of hydrogen-bond donors (Lipinski definition) is 1. The Bertz CT molecular complexity index is 154. The van der Waals surface area contributed by atoms with Gasteiger partial charge in [0.05, 0.1) is 0 Å². The Morgan fingerprint density at radius 2 is 2.23 bits per heavy atom. The molecule has 76 valence electrons. The predicted molar refractivity (Wildman–Crippen MR) is 56.5 cm³/mol. The molecule has 2 heteroatoms. The molecule has 0 aliphatic carbocycles. The van der Waals surface area contributed by atoms with Crippen LogP contribution in [-0.4, -0.2) is 12.5 Å². The van der Waals surface area contributed by atoms with Crippen LogP contribution in [-0.2, 0) is 4.79 Å². The Morgan fingerprint density at radius 1 is 1.54 bits per heavy atom. The number of carbonyl (C=O) groups is 1. The number of hydrogen-bond acceptors (Lipinski definition) is 1. The van der Waals surface area contributed by atoms with Gasteiger partial charge in [0.1, 0.15) is 0 Å². The van der Waals surface area contributed by atoms with E-state index in [0.29, 0.717) is 0 Å². The van der Waals surface area contributed by atoms with E-state index in [2.05, 4.69) is 18.8 Å². The highest BCUT2D eigenvalue weighted by Crippen LogP contribution is 2.08. The topological polar surface area (TPSA) is 29.1 Å². The zero-order valence-electron chi connectivity index (χ0n) is 8.81. The molecule has 13 heavy (non-hydrogen) atoms. The molecular weight excluding hydrogens is 162 g/mol. The third-order valence-electron chi connectivity index (χ3n) is 2.14. The van der Waals surface area contributed by atoms with Gasteiger partial charge in [0.15, 0.2) is 0 Å². The van der Waals surface area contributed by atoms with Crippen LogP contribution in [0, 0.1) is 5.92 Å². The molecule has 0 fully saturated rings. The van der Waals surface area contributed by atoms with Crippen molar-refractivity contribution in [3.63, 3.8) is 0 Å². The number of carbonyl (C=O) groups excluding carboxylic acids is 1. The van der Waals surface area contributed by atoms with E-state index in [1.807, 2.05) is 13.0 Å². The molecule has 0 spiro atoms. The van der Waals surface area contributed by atoms with Crippen molar-refractivity contribution >= 4 is 5.91 Å². The average Bonchev–Trinajstić information content (AvgIpc) is 2.14. The maximum Gasteiger partial charge on any atom is 0.223 e. The lowest BCUT2D eigenvalue weighted by Crippen LogP contribution is -2.30. The van der Waals surface area contributed by atoms with Crippen molar-refractivity contribution in [3.8, 4) is 0 Å². The van der Waals surface area contributed by atoms with Gasteiger partial charge < -0.3 is 5.32 Å². The van der Waals surface area contributed by atoms with Gasteiger partial charge in [-0.05, 0) is 19.3 Å². The Balaban J connectivity index is 3.70. The predicted octanol–water partition coefficient (Wildman–Crippen LogP) is 2.51. The molecule has 0 radical (unpaired) electrons. The summed E-state index contributed by atoms with van der Waals surface area (Å²) in [6.45, 7) is 8.61. The van der Waals surface area contributed by atoms with Crippen molar-refractivity contribution in [2.75, 3.05) is 6.54 Å². The van der Waals surface area contributed by atoms with E-state index in [4.69, 9.17) is 0 Å². The summed E-state index contributed by atoms with van der Waals surface area (Å²) in [5.41, 5.74) is 0. The molecule has 0 aromatic rings. The van der Waals surface area contributed by atoms with Crippen LogP contribution < -0.4 is 5.32 Å². The first-order valence-electron chi connectivity index (χ1n) is 5.14. The fourth-order valence-electron chi connectivity index (χ4n) is 1.19. The van der Waals surface area contributed by atoms with Crippen molar-refractivity contribution in [1.82, 2.24) is 5.32 Å². The SMILES string of the molecule is C=CCC(CC)C(=O)NCCCC. The van der Waals surface area contributed by atoms with Crippen LogP contribution in [0.1, 0.15) is 39.5 Å². The molecular formula is C11H21NO. The van der Waals surface area contributed by atoms with Crippen LogP contribution in [0.25, 0.3) is 0 Å². The number of amides is 1. The van der Waals surface area contributed by atoms with Crippen LogP contribution in [0.5, 0.6) is 0 Å². The minimum absolute atomic E-state index is 0.120. The van der Waals surface area contributed by atoms with Gasteiger partial charge in [0, 0.05) is 12.5 Å². The monoisotopic (exact) mass is 183 g/mol. The smallest absolute Gasteiger partial charge is 0.223 e.